The van der Waals surface area contributed by atoms with E-state index in [1.165, 1.54) is 6.21 Å². The molecule has 1 aliphatic rings. The maximum Gasteiger partial charge on any atom is 0.252 e. The molecule has 1 aromatic heterocycles. The standard InChI is InChI=1S/C25H17ClN2O3/c26-17-7-5-6-16(14-17)21-13-12-18(30-21)15-27-28-25(29)24-19-8-1-3-10-22(19)31-23-11-4-2-9-20(23)24/h1-15,24H,(H,28,29)/b27-15+. The number of amides is 1. The second-order valence-corrected chi connectivity index (χ2v) is 7.49. The third-order valence-corrected chi connectivity index (χ3v) is 5.28. The highest BCUT2D eigenvalue weighted by Gasteiger charge is 2.32. The predicted octanol–water partition coefficient (Wildman–Crippen LogP) is 5.99. The second kappa shape index (κ2) is 8.13. The van der Waals surface area contributed by atoms with Crippen LogP contribution in [0.3, 0.4) is 0 Å². The van der Waals surface area contributed by atoms with Crippen molar-refractivity contribution < 1.29 is 13.9 Å². The van der Waals surface area contributed by atoms with Crippen LogP contribution >= 0.6 is 11.6 Å². The molecule has 3 aromatic carbocycles. The molecule has 0 fully saturated rings. The van der Waals surface area contributed by atoms with Crippen molar-refractivity contribution in [1.82, 2.24) is 5.43 Å². The number of ether oxygens (including phenoxy) is 1. The molecular weight excluding hydrogens is 412 g/mol. The van der Waals surface area contributed by atoms with E-state index in [-0.39, 0.29) is 5.91 Å². The van der Waals surface area contributed by atoms with Crippen molar-refractivity contribution in [2.75, 3.05) is 0 Å². The van der Waals surface area contributed by atoms with Crippen LogP contribution in [0.5, 0.6) is 11.5 Å². The Bertz CT molecular complexity index is 1250. The van der Waals surface area contributed by atoms with Crippen molar-refractivity contribution in [2.24, 2.45) is 5.10 Å². The topological polar surface area (TPSA) is 63.8 Å². The molecule has 152 valence electrons. The number of benzene rings is 3. The lowest BCUT2D eigenvalue weighted by atomic mass is 9.87. The average molecular weight is 429 g/mol. The zero-order valence-corrected chi connectivity index (χ0v) is 17.0. The van der Waals surface area contributed by atoms with Crippen molar-refractivity contribution in [2.45, 2.75) is 5.92 Å². The van der Waals surface area contributed by atoms with Gasteiger partial charge in [0.15, 0.2) is 0 Å². The van der Waals surface area contributed by atoms with E-state index in [1.54, 1.807) is 12.1 Å². The summed E-state index contributed by atoms with van der Waals surface area (Å²) in [6.45, 7) is 0. The Kier molecular flexibility index (Phi) is 5.02. The van der Waals surface area contributed by atoms with Gasteiger partial charge in [-0.15, -0.1) is 0 Å². The SMILES string of the molecule is O=C(N/N=C/c1ccc(-c2cccc(Cl)c2)o1)C1c2ccccc2Oc2ccccc21. The first-order chi connectivity index (χ1) is 15.2. The summed E-state index contributed by atoms with van der Waals surface area (Å²) in [5.74, 6) is 1.76. The van der Waals surface area contributed by atoms with Gasteiger partial charge < -0.3 is 9.15 Å². The number of fused-ring (bicyclic) bond motifs is 2. The number of nitrogens with one attached hydrogen (secondary N) is 1. The minimum Gasteiger partial charge on any atom is -0.457 e. The first kappa shape index (κ1) is 19.2. The van der Waals surface area contributed by atoms with Gasteiger partial charge in [-0.2, -0.15) is 5.10 Å². The van der Waals surface area contributed by atoms with Gasteiger partial charge >= 0.3 is 0 Å². The van der Waals surface area contributed by atoms with Crippen LogP contribution < -0.4 is 10.2 Å². The summed E-state index contributed by atoms with van der Waals surface area (Å²) in [6.07, 6.45) is 1.48. The lowest BCUT2D eigenvalue weighted by Gasteiger charge is -2.26. The van der Waals surface area contributed by atoms with Crippen LogP contribution in [0.15, 0.2) is 94.4 Å². The largest absolute Gasteiger partial charge is 0.457 e. The number of halogens is 1. The summed E-state index contributed by atoms with van der Waals surface area (Å²) < 4.78 is 11.7. The summed E-state index contributed by atoms with van der Waals surface area (Å²) in [5, 5.41) is 4.73. The van der Waals surface area contributed by atoms with Crippen LogP contribution in [0.25, 0.3) is 11.3 Å². The molecule has 0 saturated heterocycles. The molecule has 31 heavy (non-hydrogen) atoms. The third kappa shape index (κ3) is 3.83. The zero-order valence-electron chi connectivity index (χ0n) is 16.3. The molecular formula is C25H17ClN2O3. The summed E-state index contributed by atoms with van der Waals surface area (Å²) >= 11 is 6.04. The van der Waals surface area contributed by atoms with E-state index in [0.717, 1.165) is 16.7 Å². The summed E-state index contributed by atoms with van der Waals surface area (Å²) in [7, 11) is 0. The number of carbonyl (C=O) groups is 1. The molecule has 0 atom stereocenters. The first-order valence-corrected chi connectivity index (χ1v) is 10.1. The second-order valence-electron chi connectivity index (χ2n) is 7.06. The highest BCUT2D eigenvalue weighted by molar-refractivity contribution is 6.30. The van der Waals surface area contributed by atoms with Gasteiger partial charge in [-0.1, -0.05) is 60.1 Å². The zero-order chi connectivity index (χ0) is 21.2. The number of hydrazone groups is 1. The molecule has 1 aliphatic heterocycles. The highest BCUT2D eigenvalue weighted by atomic mass is 35.5. The van der Waals surface area contributed by atoms with Crippen molar-refractivity contribution in [1.29, 1.82) is 0 Å². The number of carbonyl (C=O) groups excluding carboxylic acids is 1. The quantitative estimate of drug-likeness (QED) is 0.321. The molecule has 6 heteroatoms. The fourth-order valence-corrected chi connectivity index (χ4v) is 3.83. The Labute approximate surface area is 183 Å². The van der Waals surface area contributed by atoms with E-state index in [9.17, 15) is 4.79 Å². The normalized spacial score (nSPS) is 12.8. The monoisotopic (exact) mass is 428 g/mol. The third-order valence-electron chi connectivity index (χ3n) is 5.04. The van der Waals surface area contributed by atoms with Gasteiger partial charge in [0.05, 0.1) is 12.1 Å². The minimum atomic E-state index is -0.517. The van der Waals surface area contributed by atoms with Crippen molar-refractivity contribution in [3.63, 3.8) is 0 Å². The molecule has 5 nitrogen and oxygen atoms in total. The number of hydrogen-bond acceptors (Lipinski definition) is 4. The maximum absolute atomic E-state index is 13.1. The molecule has 5 rings (SSSR count). The molecule has 0 aliphatic carbocycles. The van der Waals surface area contributed by atoms with Gasteiger partial charge in [0.2, 0.25) is 0 Å². The molecule has 0 spiro atoms. The van der Waals surface area contributed by atoms with Crippen molar-refractivity contribution in [3.8, 4) is 22.8 Å². The van der Waals surface area contributed by atoms with E-state index < -0.39 is 5.92 Å². The van der Waals surface area contributed by atoms with E-state index in [1.807, 2.05) is 72.8 Å². The van der Waals surface area contributed by atoms with Crippen molar-refractivity contribution >= 4 is 23.7 Å². The fourth-order valence-electron chi connectivity index (χ4n) is 3.64. The number of nitrogens with zero attached hydrogens (tertiary/aromatic N) is 1. The molecule has 1 N–H and O–H groups in total. The molecule has 0 bridgehead atoms. The molecule has 4 aromatic rings. The van der Waals surface area contributed by atoms with Gasteiger partial charge in [0.1, 0.15) is 23.0 Å². The lowest BCUT2D eigenvalue weighted by molar-refractivity contribution is -0.121. The molecule has 0 radical (unpaired) electrons. The van der Waals surface area contributed by atoms with Crippen LogP contribution in [0.1, 0.15) is 22.8 Å². The first-order valence-electron chi connectivity index (χ1n) is 9.73. The number of hydrogen-bond donors (Lipinski definition) is 1. The van der Waals surface area contributed by atoms with Crippen LogP contribution in [-0.4, -0.2) is 12.1 Å². The lowest BCUT2D eigenvalue weighted by Crippen LogP contribution is -2.28. The molecule has 2 heterocycles. The van der Waals surface area contributed by atoms with E-state index in [2.05, 4.69) is 10.5 Å². The van der Waals surface area contributed by atoms with Crippen LogP contribution in [-0.2, 0) is 4.79 Å². The molecule has 0 saturated carbocycles. The Morgan fingerprint density at radius 2 is 1.61 bits per heavy atom. The van der Waals surface area contributed by atoms with Gasteiger partial charge in [0, 0.05) is 21.7 Å². The van der Waals surface area contributed by atoms with Gasteiger partial charge in [-0.05, 0) is 36.4 Å². The Hall–Kier alpha value is -3.83. The Morgan fingerprint density at radius 1 is 0.903 bits per heavy atom. The number of rotatable bonds is 4. The van der Waals surface area contributed by atoms with Gasteiger partial charge in [0.25, 0.3) is 5.91 Å². The summed E-state index contributed by atoms with van der Waals surface area (Å²) in [6, 6.07) is 26.1. The van der Waals surface area contributed by atoms with Gasteiger partial charge in [-0.25, -0.2) is 5.43 Å². The van der Waals surface area contributed by atoms with Crippen LogP contribution in [0.2, 0.25) is 5.02 Å². The minimum absolute atomic E-state index is 0.249. The summed E-state index contributed by atoms with van der Waals surface area (Å²) in [5.41, 5.74) is 5.10. The fraction of sp³-hybridized carbons (Fsp3) is 0.0400. The van der Waals surface area contributed by atoms with E-state index in [4.69, 9.17) is 20.8 Å². The van der Waals surface area contributed by atoms with Crippen LogP contribution in [0.4, 0.5) is 0 Å². The molecule has 0 unspecified atom stereocenters. The number of furan rings is 1. The van der Waals surface area contributed by atoms with E-state index >= 15 is 0 Å². The Morgan fingerprint density at radius 3 is 2.32 bits per heavy atom. The summed E-state index contributed by atoms with van der Waals surface area (Å²) in [4.78, 5) is 13.1. The van der Waals surface area contributed by atoms with Gasteiger partial charge in [-0.3, -0.25) is 4.79 Å². The highest BCUT2D eigenvalue weighted by Crippen LogP contribution is 2.43. The van der Waals surface area contributed by atoms with E-state index in [0.29, 0.717) is 28.0 Å². The molecule has 1 amide bonds. The number of para-hydroxylation sites is 2. The predicted molar refractivity (Wildman–Crippen MR) is 120 cm³/mol. The van der Waals surface area contributed by atoms with Crippen molar-refractivity contribution in [3.05, 3.63) is 107 Å². The maximum atomic E-state index is 13.1. The Balaban J connectivity index is 1.35. The average Bonchev–Trinajstić information content (AvgIpc) is 3.26. The van der Waals surface area contributed by atoms with Crippen LogP contribution in [0, 0.1) is 0 Å². The smallest absolute Gasteiger partial charge is 0.252 e.